The molecular formula is C11H20N4S. The Morgan fingerprint density at radius 3 is 2.81 bits per heavy atom. The molecule has 1 aliphatic heterocycles. The van der Waals surface area contributed by atoms with Gasteiger partial charge in [-0.3, -0.25) is 0 Å². The molecule has 0 saturated carbocycles. The number of piperazine rings is 1. The van der Waals surface area contributed by atoms with E-state index in [-0.39, 0.29) is 0 Å². The number of hydrogen-bond donors (Lipinski definition) is 1. The molecule has 16 heavy (non-hydrogen) atoms. The lowest BCUT2D eigenvalue weighted by Crippen LogP contribution is -2.44. The molecule has 4 nitrogen and oxygen atoms in total. The van der Waals surface area contributed by atoms with Crippen molar-refractivity contribution in [3.05, 3.63) is 11.1 Å². The van der Waals surface area contributed by atoms with Crippen LogP contribution in [0.5, 0.6) is 0 Å². The Morgan fingerprint density at radius 1 is 1.38 bits per heavy atom. The number of thiazole rings is 1. The number of nitrogens with one attached hydrogen (secondary N) is 1. The third-order valence-corrected chi connectivity index (χ3v) is 3.92. The molecule has 0 aromatic carbocycles. The van der Waals surface area contributed by atoms with Gasteiger partial charge < -0.3 is 15.1 Å². The molecule has 0 radical (unpaired) electrons. The Labute approximate surface area is 101 Å². The Morgan fingerprint density at radius 2 is 2.12 bits per heavy atom. The van der Waals surface area contributed by atoms with Crippen molar-refractivity contribution in [2.24, 2.45) is 0 Å². The smallest absolute Gasteiger partial charge is 0.185 e. The van der Waals surface area contributed by atoms with Crippen LogP contribution < -0.4 is 10.2 Å². The van der Waals surface area contributed by atoms with Crippen LogP contribution in [0.4, 0.5) is 5.13 Å². The van der Waals surface area contributed by atoms with Gasteiger partial charge in [0.05, 0.1) is 0 Å². The fourth-order valence-electron chi connectivity index (χ4n) is 1.77. The van der Waals surface area contributed by atoms with E-state index in [0.29, 0.717) is 0 Å². The molecule has 2 heterocycles. The van der Waals surface area contributed by atoms with Crippen molar-refractivity contribution in [2.45, 2.75) is 13.5 Å². The Kier molecular flexibility index (Phi) is 4.15. The first kappa shape index (κ1) is 11.8. The summed E-state index contributed by atoms with van der Waals surface area (Å²) >= 11 is 1.81. The fourth-order valence-corrected chi connectivity index (χ4v) is 2.70. The highest BCUT2D eigenvalue weighted by molar-refractivity contribution is 7.15. The summed E-state index contributed by atoms with van der Waals surface area (Å²) in [5, 5.41) is 4.51. The molecule has 1 saturated heterocycles. The van der Waals surface area contributed by atoms with Crippen molar-refractivity contribution < 1.29 is 0 Å². The van der Waals surface area contributed by atoms with Gasteiger partial charge in [0.1, 0.15) is 0 Å². The highest BCUT2D eigenvalue weighted by Gasteiger charge is 2.16. The molecule has 5 heteroatoms. The van der Waals surface area contributed by atoms with Crippen LogP contribution in [0.3, 0.4) is 0 Å². The highest BCUT2D eigenvalue weighted by atomic mass is 32.1. The average molecular weight is 240 g/mol. The minimum Gasteiger partial charge on any atom is -0.346 e. The second kappa shape index (κ2) is 5.61. The Hall–Kier alpha value is -0.650. The second-order valence-corrected chi connectivity index (χ2v) is 5.27. The van der Waals surface area contributed by atoms with Gasteiger partial charge in [-0.2, -0.15) is 0 Å². The lowest BCUT2D eigenvalue weighted by Gasteiger charge is -2.32. The van der Waals surface area contributed by atoms with E-state index in [1.54, 1.807) is 0 Å². The molecule has 2 rings (SSSR count). The number of likely N-dealkylation sites (N-methyl/N-ethyl adjacent to an activating group) is 1. The molecule has 0 atom stereocenters. The summed E-state index contributed by atoms with van der Waals surface area (Å²) in [5.74, 6) is 0. The minimum atomic E-state index is 0.946. The summed E-state index contributed by atoms with van der Waals surface area (Å²) in [7, 11) is 2.18. The summed E-state index contributed by atoms with van der Waals surface area (Å²) in [6.45, 7) is 8.58. The van der Waals surface area contributed by atoms with E-state index in [9.17, 15) is 0 Å². The van der Waals surface area contributed by atoms with Crippen LogP contribution in [0.1, 0.15) is 11.8 Å². The van der Waals surface area contributed by atoms with E-state index in [1.165, 1.54) is 10.0 Å². The van der Waals surface area contributed by atoms with E-state index in [2.05, 4.69) is 34.1 Å². The molecule has 0 aliphatic carbocycles. The van der Waals surface area contributed by atoms with E-state index >= 15 is 0 Å². The standard InChI is InChI=1S/C11H20N4S/c1-3-12-8-10-9-13-11(16-10)15-6-4-14(2)5-7-15/h9,12H,3-8H2,1-2H3. The highest BCUT2D eigenvalue weighted by Crippen LogP contribution is 2.23. The molecule has 0 bridgehead atoms. The van der Waals surface area contributed by atoms with Crippen LogP contribution in [0, 0.1) is 0 Å². The van der Waals surface area contributed by atoms with Gasteiger partial charge in [0.15, 0.2) is 5.13 Å². The van der Waals surface area contributed by atoms with Gasteiger partial charge in [0.25, 0.3) is 0 Å². The first-order valence-electron chi connectivity index (χ1n) is 5.88. The van der Waals surface area contributed by atoms with Crippen LogP contribution >= 0.6 is 11.3 Å². The number of anilines is 1. The van der Waals surface area contributed by atoms with Crippen LogP contribution in [-0.2, 0) is 6.54 Å². The molecule has 90 valence electrons. The van der Waals surface area contributed by atoms with Crippen molar-refractivity contribution in [1.82, 2.24) is 15.2 Å². The zero-order valence-electron chi connectivity index (χ0n) is 10.1. The predicted molar refractivity (Wildman–Crippen MR) is 69.2 cm³/mol. The van der Waals surface area contributed by atoms with Crippen molar-refractivity contribution in [1.29, 1.82) is 0 Å². The van der Waals surface area contributed by atoms with Gasteiger partial charge in [-0.05, 0) is 13.6 Å². The number of nitrogens with zero attached hydrogens (tertiary/aromatic N) is 3. The third kappa shape index (κ3) is 2.93. The largest absolute Gasteiger partial charge is 0.346 e. The molecule has 1 fully saturated rings. The van der Waals surface area contributed by atoms with Crippen LogP contribution in [0.2, 0.25) is 0 Å². The van der Waals surface area contributed by atoms with Crippen molar-refractivity contribution in [3.8, 4) is 0 Å². The molecule has 0 unspecified atom stereocenters. The lowest BCUT2D eigenvalue weighted by molar-refractivity contribution is 0.313. The van der Waals surface area contributed by atoms with Crippen molar-refractivity contribution >= 4 is 16.5 Å². The minimum absolute atomic E-state index is 0.946. The van der Waals surface area contributed by atoms with E-state index in [1.807, 2.05) is 17.5 Å². The average Bonchev–Trinajstić information content (AvgIpc) is 2.76. The monoisotopic (exact) mass is 240 g/mol. The van der Waals surface area contributed by atoms with Crippen molar-refractivity contribution in [3.63, 3.8) is 0 Å². The van der Waals surface area contributed by atoms with Gasteiger partial charge in [0, 0.05) is 43.8 Å². The second-order valence-electron chi connectivity index (χ2n) is 4.18. The third-order valence-electron chi connectivity index (χ3n) is 2.86. The van der Waals surface area contributed by atoms with Gasteiger partial charge in [-0.1, -0.05) is 6.92 Å². The maximum Gasteiger partial charge on any atom is 0.185 e. The molecular weight excluding hydrogens is 220 g/mol. The summed E-state index contributed by atoms with van der Waals surface area (Å²) in [6.07, 6.45) is 2.00. The quantitative estimate of drug-likeness (QED) is 0.851. The van der Waals surface area contributed by atoms with E-state index in [0.717, 1.165) is 39.3 Å². The summed E-state index contributed by atoms with van der Waals surface area (Å²) in [5.41, 5.74) is 0. The van der Waals surface area contributed by atoms with E-state index < -0.39 is 0 Å². The molecule has 0 spiro atoms. The number of rotatable bonds is 4. The number of hydrogen-bond acceptors (Lipinski definition) is 5. The summed E-state index contributed by atoms with van der Waals surface area (Å²) in [4.78, 5) is 10.6. The first-order valence-corrected chi connectivity index (χ1v) is 6.70. The first-order chi connectivity index (χ1) is 7.79. The lowest BCUT2D eigenvalue weighted by atomic mass is 10.3. The maximum absolute atomic E-state index is 4.50. The van der Waals surface area contributed by atoms with E-state index in [4.69, 9.17) is 0 Å². The Bertz CT molecular complexity index is 318. The SMILES string of the molecule is CCNCc1cnc(N2CCN(C)CC2)s1. The van der Waals surface area contributed by atoms with Crippen LogP contribution in [0.15, 0.2) is 6.20 Å². The molecule has 0 amide bonds. The number of aromatic nitrogens is 1. The molecule has 1 aromatic rings. The van der Waals surface area contributed by atoms with Crippen LogP contribution in [-0.4, -0.2) is 49.7 Å². The Balaban J connectivity index is 1.91. The van der Waals surface area contributed by atoms with Gasteiger partial charge in [-0.15, -0.1) is 11.3 Å². The van der Waals surface area contributed by atoms with Gasteiger partial charge >= 0.3 is 0 Å². The zero-order valence-corrected chi connectivity index (χ0v) is 10.9. The summed E-state index contributed by atoms with van der Waals surface area (Å²) < 4.78 is 0. The zero-order chi connectivity index (χ0) is 11.4. The topological polar surface area (TPSA) is 31.4 Å². The predicted octanol–water partition coefficient (Wildman–Crippen LogP) is 1.00. The fraction of sp³-hybridized carbons (Fsp3) is 0.727. The van der Waals surface area contributed by atoms with Crippen LogP contribution in [0.25, 0.3) is 0 Å². The molecule has 1 aliphatic rings. The molecule has 1 aromatic heterocycles. The maximum atomic E-state index is 4.50. The molecule has 1 N–H and O–H groups in total. The van der Waals surface area contributed by atoms with Gasteiger partial charge in [-0.25, -0.2) is 4.98 Å². The van der Waals surface area contributed by atoms with Crippen molar-refractivity contribution in [2.75, 3.05) is 44.7 Å². The van der Waals surface area contributed by atoms with Gasteiger partial charge in [0.2, 0.25) is 0 Å². The normalized spacial score (nSPS) is 18.0. The summed E-state index contributed by atoms with van der Waals surface area (Å²) in [6, 6.07) is 0.